The smallest absolute Gasteiger partial charge is 0.109 e. The minimum atomic E-state index is 0.664. The van der Waals surface area contributed by atoms with E-state index in [9.17, 15) is 0 Å². The van der Waals surface area contributed by atoms with Gasteiger partial charge in [0.2, 0.25) is 0 Å². The van der Waals surface area contributed by atoms with Gasteiger partial charge in [-0.25, -0.2) is 4.98 Å². The van der Waals surface area contributed by atoms with E-state index in [1.807, 2.05) is 0 Å². The Morgan fingerprint density at radius 3 is 2.78 bits per heavy atom. The lowest BCUT2D eigenvalue weighted by Crippen LogP contribution is -2.02. The highest BCUT2D eigenvalue weighted by molar-refractivity contribution is 9.09. The maximum atomic E-state index is 4.70. The van der Waals surface area contributed by atoms with Crippen molar-refractivity contribution in [3.63, 3.8) is 0 Å². The van der Waals surface area contributed by atoms with E-state index in [1.165, 1.54) is 37.0 Å². The average Bonchev–Trinajstić information content (AvgIpc) is 2.68. The van der Waals surface area contributed by atoms with Gasteiger partial charge in [0, 0.05) is 18.3 Å². The standard InChI is InChI=1S/C15H21BrN2/c1-3-7-12(16)8-6-11-15-17-13-9-4-5-10-14(13)18(15)2/h4-5,9-10,12H,3,6-8,11H2,1-2H3. The topological polar surface area (TPSA) is 17.8 Å². The molecule has 0 saturated carbocycles. The molecule has 0 amide bonds. The minimum Gasteiger partial charge on any atom is -0.331 e. The Kier molecular flexibility index (Phi) is 4.81. The lowest BCUT2D eigenvalue weighted by atomic mass is 10.1. The molecule has 0 spiro atoms. The molecule has 0 radical (unpaired) electrons. The molecule has 2 rings (SSSR count). The maximum Gasteiger partial charge on any atom is 0.109 e. The largest absolute Gasteiger partial charge is 0.331 e. The van der Waals surface area contributed by atoms with Gasteiger partial charge < -0.3 is 4.57 Å². The predicted octanol–water partition coefficient (Wildman–Crippen LogP) is 4.46. The van der Waals surface area contributed by atoms with Crippen LogP contribution in [0, 0.1) is 0 Å². The lowest BCUT2D eigenvalue weighted by Gasteiger charge is -2.07. The second-order valence-electron chi connectivity index (χ2n) is 4.85. The number of fused-ring (bicyclic) bond motifs is 1. The molecule has 98 valence electrons. The summed E-state index contributed by atoms with van der Waals surface area (Å²) in [6.07, 6.45) is 6.02. The molecule has 2 aromatic rings. The third-order valence-corrected chi connectivity index (χ3v) is 4.32. The number of hydrogen-bond donors (Lipinski definition) is 0. The fourth-order valence-electron chi connectivity index (χ4n) is 2.36. The monoisotopic (exact) mass is 308 g/mol. The number of nitrogens with zero attached hydrogens (tertiary/aromatic N) is 2. The summed E-state index contributed by atoms with van der Waals surface area (Å²) in [5, 5.41) is 0. The zero-order chi connectivity index (χ0) is 13.0. The number of benzene rings is 1. The molecule has 0 N–H and O–H groups in total. The zero-order valence-corrected chi connectivity index (χ0v) is 12.8. The average molecular weight is 309 g/mol. The third kappa shape index (κ3) is 3.14. The van der Waals surface area contributed by atoms with Crippen molar-refractivity contribution in [3.05, 3.63) is 30.1 Å². The first-order valence-corrected chi connectivity index (χ1v) is 7.68. The molecule has 1 unspecified atom stereocenters. The number of imidazole rings is 1. The van der Waals surface area contributed by atoms with Gasteiger partial charge in [0.15, 0.2) is 0 Å². The van der Waals surface area contributed by atoms with Crippen LogP contribution in [0.15, 0.2) is 24.3 Å². The van der Waals surface area contributed by atoms with Crippen molar-refractivity contribution in [2.45, 2.75) is 43.9 Å². The van der Waals surface area contributed by atoms with Crippen molar-refractivity contribution in [1.29, 1.82) is 0 Å². The van der Waals surface area contributed by atoms with Crippen LogP contribution >= 0.6 is 15.9 Å². The molecule has 1 aromatic heterocycles. The number of para-hydroxylation sites is 2. The van der Waals surface area contributed by atoms with Gasteiger partial charge in [-0.15, -0.1) is 0 Å². The first kappa shape index (κ1) is 13.6. The second-order valence-corrected chi connectivity index (χ2v) is 6.15. The van der Waals surface area contributed by atoms with E-state index in [4.69, 9.17) is 4.98 Å². The van der Waals surface area contributed by atoms with Crippen LogP contribution in [0.25, 0.3) is 11.0 Å². The summed E-state index contributed by atoms with van der Waals surface area (Å²) < 4.78 is 2.22. The highest BCUT2D eigenvalue weighted by Crippen LogP contribution is 2.18. The Balaban J connectivity index is 1.97. The molecule has 2 nitrogen and oxygen atoms in total. The predicted molar refractivity (Wildman–Crippen MR) is 81.3 cm³/mol. The van der Waals surface area contributed by atoms with Crippen molar-refractivity contribution >= 4 is 27.0 Å². The number of aryl methyl sites for hydroxylation is 2. The van der Waals surface area contributed by atoms with Gasteiger partial charge in [-0.1, -0.05) is 41.4 Å². The normalized spacial score (nSPS) is 13.1. The maximum absolute atomic E-state index is 4.70. The Morgan fingerprint density at radius 1 is 1.28 bits per heavy atom. The van der Waals surface area contributed by atoms with E-state index < -0.39 is 0 Å². The molecular weight excluding hydrogens is 288 g/mol. The van der Waals surface area contributed by atoms with Crippen LogP contribution in [0.3, 0.4) is 0 Å². The Hall–Kier alpha value is -0.830. The van der Waals surface area contributed by atoms with Crippen LogP contribution in [-0.2, 0) is 13.5 Å². The molecule has 1 aromatic carbocycles. The first-order chi connectivity index (χ1) is 8.72. The van der Waals surface area contributed by atoms with Crippen molar-refractivity contribution in [1.82, 2.24) is 9.55 Å². The molecule has 3 heteroatoms. The third-order valence-electron chi connectivity index (χ3n) is 3.40. The highest BCUT2D eigenvalue weighted by atomic mass is 79.9. The highest BCUT2D eigenvalue weighted by Gasteiger charge is 2.08. The van der Waals surface area contributed by atoms with Gasteiger partial charge in [-0.3, -0.25) is 0 Å². The van der Waals surface area contributed by atoms with Crippen LogP contribution in [0.1, 0.15) is 38.4 Å². The van der Waals surface area contributed by atoms with Crippen LogP contribution in [-0.4, -0.2) is 14.4 Å². The Bertz CT molecular complexity index is 504. The van der Waals surface area contributed by atoms with Gasteiger partial charge in [-0.2, -0.15) is 0 Å². The van der Waals surface area contributed by atoms with Crippen molar-refractivity contribution in [2.24, 2.45) is 7.05 Å². The first-order valence-electron chi connectivity index (χ1n) is 6.76. The zero-order valence-electron chi connectivity index (χ0n) is 11.2. The number of halogens is 1. The van der Waals surface area contributed by atoms with E-state index in [0.717, 1.165) is 11.9 Å². The lowest BCUT2D eigenvalue weighted by molar-refractivity contribution is 0.635. The van der Waals surface area contributed by atoms with E-state index in [0.29, 0.717) is 4.83 Å². The van der Waals surface area contributed by atoms with E-state index in [1.54, 1.807) is 0 Å². The summed E-state index contributed by atoms with van der Waals surface area (Å²) in [5.41, 5.74) is 2.34. The Labute approximate surface area is 118 Å². The van der Waals surface area contributed by atoms with Crippen molar-refractivity contribution in [3.8, 4) is 0 Å². The summed E-state index contributed by atoms with van der Waals surface area (Å²) in [6, 6.07) is 8.35. The Morgan fingerprint density at radius 2 is 2.06 bits per heavy atom. The minimum absolute atomic E-state index is 0.664. The molecule has 0 aliphatic heterocycles. The van der Waals surface area contributed by atoms with Crippen molar-refractivity contribution in [2.75, 3.05) is 0 Å². The molecule has 0 aliphatic rings. The fraction of sp³-hybridized carbons (Fsp3) is 0.533. The number of aromatic nitrogens is 2. The number of rotatable bonds is 6. The molecule has 1 heterocycles. The fourth-order valence-corrected chi connectivity index (χ4v) is 3.14. The molecule has 0 saturated heterocycles. The SMILES string of the molecule is CCCC(Br)CCCc1nc2ccccc2n1C. The van der Waals surface area contributed by atoms with E-state index >= 15 is 0 Å². The van der Waals surface area contributed by atoms with Gasteiger partial charge in [0.1, 0.15) is 5.82 Å². The summed E-state index contributed by atoms with van der Waals surface area (Å²) >= 11 is 3.74. The van der Waals surface area contributed by atoms with Crippen LogP contribution in [0.5, 0.6) is 0 Å². The van der Waals surface area contributed by atoms with Crippen LogP contribution < -0.4 is 0 Å². The van der Waals surface area contributed by atoms with E-state index in [-0.39, 0.29) is 0 Å². The molecule has 0 fully saturated rings. The van der Waals surface area contributed by atoms with Crippen LogP contribution in [0.2, 0.25) is 0 Å². The van der Waals surface area contributed by atoms with Gasteiger partial charge in [-0.05, 0) is 31.4 Å². The molecular formula is C15H21BrN2. The van der Waals surface area contributed by atoms with Gasteiger partial charge in [0.05, 0.1) is 11.0 Å². The van der Waals surface area contributed by atoms with Crippen molar-refractivity contribution < 1.29 is 0 Å². The van der Waals surface area contributed by atoms with Gasteiger partial charge in [0.25, 0.3) is 0 Å². The quantitative estimate of drug-likeness (QED) is 0.720. The number of alkyl halides is 1. The summed E-state index contributed by atoms with van der Waals surface area (Å²) in [7, 11) is 2.11. The second kappa shape index (κ2) is 6.37. The van der Waals surface area contributed by atoms with Crippen LogP contribution in [0.4, 0.5) is 0 Å². The molecule has 0 aliphatic carbocycles. The number of hydrogen-bond acceptors (Lipinski definition) is 1. The van der Waals surface area contributed by atoms with Gasteiger partial charge >= 0.3 is 0 Å². The molecule has 1 atom stereocenters. The molecule has 0 bridgehead atoms. The molecule has 18 heavy (non-hydrogen) atoms. The van der Waals surface area contributed by atoms with E-state index in [2.05, 4.69) is 58.7 Å². The summed E-state index contributed by atoms with van der Waals surface area (Å²) in [6.45, 7) is 2.24. The summed E-state index contributed by atoms with van der Waals surface area (Å²) in [5.74, 6) is 1.20. The summed E-state index contributed by atoms with van der Waals surface area (Å²) in [4.78, 5) is 5.37.